The number of carbonyl (C=O) groups excluding carboxylic acids is 1. The molecule has 0 aromatic carbocycles. The van der Waals surface area contributed by atoms with Crippen LogP contribution in [0.4, 0.5) is 0 Å². The van der Waals surface area contributed by atoms with E-state index >= 15 is 0 Å². The van der Waals surface area contributed by atoms with Crippen LogP contribution in [0.25, 0.3) is 0 Å². The molecule has 1 rings (SSSR count). The number of H-pyrrole nitrogens is 1. The van der Waals surface area contributed by atoms with Crippen molar-refractivity contribution in [2.45, 2.75) is 0 Å². The molecule has 0 saturated carbocycles. The number of hydrogen-bond donors (Lipinski definition) is 3. The molecule has 0 aliphatic carbocycles. The van der Waals surface area contributed by atoms with Crippen LogP contribution >= 0.6 is 0 Å². The fourth-order valence-corrected chi connectivity index (χ4v) is 0.472. The number of aromatic hydroxyl groups is 1. The predicted octanol–water partition coefficient (Wildman–Crippen LogP) is -1.67. The fourth-order valence-electron chi connectivity index (χ4n) is 0.472. The molecule has 54 valence electrons. The maximum Gasteiger partial charge on any atom is 0.378 e. The second kappa shape index (κ2) is 1.87. The van der Waals surface area contributed by atoms with Crippen molar-refractivity contribution in [2.75, 3.05) is 0 Å². The second-order valence-electron chi connectivity index (χ2n) is 1.51. The van der Waals surface area contributed by atoms with E-state index in [0.717, 1.165) is 0 Å². The third kappa shape index (κ3) is 0.729. The summed E-state index contributed by atoms with van der Waals surface area (Å²) in [7, 11) is 0. The highest BCUT2D eigenvalue weighted by Gasteiger charge is 2.24. The van der Waals surface area contributed by atoms with Gasteiger partial charge in [0.15, 0.2) is 4.60 Å². The van der Waals surface area contributed by atoms with Crippen molar-refractivity contribution in [2.24, 2.45) is 5.73 Å². The van der Waals surface area contributed by atoms with Crippen molar-refractivity contribution in [3.05, 3.63) is 10.6 Å². The maximum atomic E-state index is 10.3. The largest absolute Gasteiger partial charge is 0.472 e. The molecule has 7 nitrogen and oxygen atoms in total. The van der Waals surface area contributed by atoms with Crippen molar-refractivity contribution >= 4 is 5.91 Å². The molecular weight excluding hydrogens is 142 g/mol. The van der Waals surface area contributed by atoms with Gasteiger partial charge in [-0.15, -0.1) is 0 Å². The second-order valence-corrected chi connectivity index (χ2v) is 1.51. The first-order valence-electron chi connectivity index (χ1n) is 2.26. The van der Waals surface area contributed by atoms with Crippen LogP contribution in [0.5, 0.6) is 5.88 Å². The highest BCUT2D eigenvalue weighted by molar-refractivity contribution is 5.91. The van der Waals surface area contributed by atoms with Crippen LogP contribution in [0.2, 0.25) is 0 Å². The highest BCUT2D eigenvalue weighted by atomic mass is 16.7. The van der Waals surface area contributed by atoms with E-state index in [0.29, 0.717) is 0 Å². The molecule has 0 bridgehead atoms. The highest BCUT2D eigenvalue weighted by Crippen LogP contribution is 2.04. The van der Waals surface area contributed by atoms with Gasteiger partial charge in [0, 0.05) is 0 Å². The van der Waals surface area contributed by atoms with Gasteiger partial charge in [0.2, 0.25) is 0 Å². The zero-order valence-corrected chi connectivity index (χ0v) is 4.70. The first-order chi connectivity index (χ1) is 4.63. The lowest BCUT2D eigenvalue weighted by Crippen LogP contribution is -2.25. The maximum absolute atomic E-state index is 10.3. The number of nitrogens with zero attached hydrogens (tertiary/aromatic N) is 1. The summed E-state index contributed by atoms with van der Waals surface area (Å²) in [6.45, 7) is 0. The third-order valence-corrected chi connectivity index (χ3v) is 0.866. The van der Waals surface area contributed by atoms with Gasteiger partial charge in [0.05, 0.1) is 0 Å². The van der Waals surface area contributed by atoms with Crippen molar-refractivity contribution in [3.8, 4) is 5.88 Å². The minimum absolute atomic E-state index is 0.211. The zero-order valence-electron chi connectivity index (χ0n) is 4.70. The lowest BCUT2D eigenvalue weighted by atomic mass is 10.4. The van der Waals surface area contributed by atoms with Crippen molar-refractivity contribution < 1.29 is 19.1 Å². The van der Waals surface area contributed by atoms with Gasteiger partial charge in [0.25, 0.3) is 0 Å². The smallest absolute Gasteiger partial charge is 0.378 e. The Labute approximate surface area is 53.6 Å². The summed E-state index contributed by atoms with van der Waals surface area (Å²) in [4.78, 5) is 20.6. The number of nitrogens with one attached hydrogen (secondary N) is 1. The van der Waals surface area contributed by atoms with Crippen LogP contribution < -0.4 is 10.3 Å². The molecule has 4 N–H and O–H groups in total. The van der Waals surface area contributed by atoms with Crippen molar-refractivity contribution in [1.29, 1.82) is 0 Å². The van der Waals surface area contributed by atoms with Crippen molar-refractivity contribution in [3.63, 3.8) is 0 Å². The van der Waals surface area contributed by atoms with Crippen LogP contribution in [0, 0.1) is 4.91 Å². The van der Waals surface area contributed by atoms with E-state index in [4.69, 9.17) is 5.11 Å². The molecule has 7 heteroatoms. The SMILES string of the molecule is NC(=O)c1c(O)[nH]o[n+]1=O. The predicted molar refractivity (Wildman–Crippen MR) is 26.6 cm³/mol. The van der Waals surface area contributed by atoms with E-state index in [1.165, 1.54) is 0 Å². The molecule has 0 unspecified atom stereocenters. The lowest BCUT2D eigenvalue weighted by molar-refractivity contribution is -0.714. The number of carbonyl (C=O) groups is 1. The van der Waals surface area contributed by atoms with Gasteiger partial charge in [-0.2, -0.15) is 0 Å². The Hall–Kier alpha value is -1.79. The van der Waals surface area contributed by atoms with Crippen molar-refractivity contribution in [1.82, 2.24) is 5.16 Å². The first kappa shape index (κ1) is 6.33. The lowest BCUT2D eigenvalue weighted by Gasteiger charge is -1.75. The van der Waals surface area contributed by atoms with E-state index in [2.05, 4.69) is 10.4 Å². The van der Waals surface area contributed by atoms with Crippen LogP contribution in [0.3, 0.4) is 0 Å². The van der Waals surface area contributed by atoms with E-state index < -0.39 is 17.5 Å². The number of aromatic nitrogens is 2. The molecular formula is C3H4N3O4+. The number of nitrogens with two attached hydrogens (primary N) is 1. The average Bonchev–Trinajstić information content (AvgIpc) is 2.11. The molecule has 0 saturated heterocycles. The van der Waals surface area contributed by atoms with E-state index in [1.807, 2.05) is 0 Å². The summed E-state index contributed by atoms with van der Waals surface area (Å²) >= 11 is 0. The van der Waals surface area contributed by atoms with Gasteiger partial charge in [-0.05, 0) is 10.1 Å². The van der Waals surface area contributed by atoms with Crippen LogP contribution in [-0.2, 0) is 0 Å². The van der Waals surface area contributed by atoms with Crippen LogP contribution in [0.15, 0.2) is 4.63 Å². The van der Waals surface area contributed by atoms with Gasteiger partial charge in [0.1, 0.15) is 0 Å². The minimum atomic E-state index is -1.06. The Morgan fingerprint density at radius 2 is 2.40 bits per heavy atom. The summed E-state index contributed by atoms with van der Waals surface area (Å²) in [6.07, 6.45) is 0. The van der Waals surface area contributed by atoms with Gasteiger partial charge in [-0.3, -0.25) is 4.79 Å². The molecule has 1 aromatic heterocycles. The summed E-state index contributed by atoms with van der Waals surface area (Å²) in [5, 5.41) is 10.4. The molecule has 0 aliphatic rings. The van der Waals surface area contributed by atoms with Gasteiger partial charge in [-0.1, -0.05) is 4.63 Å². The Balaban J connectivity index is 3.37. The molecule has 10 heavy (non-hydrogen) atoms. The Morgan fingerprint density at radius 3 is 2.60 bits per heavy atom. The van der Waals surface area contributed by atoms with E-state index in [-0.39, 0.29) is 4.60 Å². The number of hydrogen-bond acceptors (Lipinski definition) is 4. The van der Waals surface area contributed by atoms with Crippen LogP contribution in [-0.4, -0.2) is 16.2 Å². The number of primary amides is 1. The molecule has 1 aromatic rings. The van der Waals surface area contributed by atoms with E-state index in [9.17, 15) is 9.70 Å². The van der Waals surface area contributed by atoms with E-state index in [1.54, 1.807) is 5.16 Å². The molecule has 1 amide bonds. The topological polar surface area (TPSA) is 115 Å². The summed E-state index contributed by atoms with van der Waals surface area (Å²) in [6, 6.07) is 0. The van der Waals surface area contributed by atoms with Crippen LogP contribution in [0.1, 0.15) is 10.5 Å². The van der Waals surface area contributed by atoms with Gasteiger partial charge >= 0.3 is 17.5 Å². The molecule has 0 spiro atoms. The molecule has 0 radical (unpaired) electrons. The Kier molecular flexibility index (Phi) is 1.18. The molecule has 0 atom stereocenters. The monoisotopic (exact) mass is 146 g/mol. The average molecular weight is 146 g/mol. The zero-order chi connectivity index (χ0) is 7.72. The standard InChI is InChI=1S/C3H3N3O4/c4-2(7)1-3(8)5-10-6(1)9/h(H3-,4,5,7,8,9)/p+1. The first-order valence-corrected chi connectivity index (χ1v) is 2.26. The Morgan fingerprint density at radius 1 is 1.80 bits per heavy atom. The minimum Gasteiger partial charge on any atom is -0.472 e. The quantitative estimate of drug-likeness (QED) is 0.439. The normalized spacial score (nSPS) is 9.60. The van der Waals surface area contributed by atoms with Gasteiger partial charge in [-0.25, -0.2) is 0 Å². The molecule has 0 fully saturated rings. The number of amides is 1. The third-order valence-electron chi connectivity index (χ3n) is 0.866. The summed E-state index contributed by atoms with van der Waals surface area (Å²) in [5.41, 5.74) is 4.02. The number of rotatable bonds is 1. The summed E-state index contributed by atoms with van der Waals surface area (Å²) < 4.78 is 3.73. The molecule has 1 heterocycles. The fraction of sp³-hybridized carbons (Fsp3) is 0. The molecule has 0 aliphatic heterocycles. The number of aromatic amines is 1. The van der Waals surface area contributed by atoms with Gasteiger partial charge < -0.3 is 10.8 Å². The Bertz CT molecular complexity index is 310. The summed E-state index contributed by atoms with van der Waals surface area (Å²) in [5.74, 6) is -1.74.